The molecule has 2 aromatic carbocycles. The van der Waals surface area contributed by atoms with E-state index in [0.717, 1.165) is 66.3 Å². The van der Waals surface area contributed by atoms with Crippen LogP contribution < -0.4 is 30.7 Å². The SMILES string of the molecule is NCCSCCN=C(Nc1ccc2c(c1)OCO2)N1CCC2(CC1)C(=O)NCN2c1ccccc1. The van der Waals surface area contributed by atoms with E-state index >= 15 is 0 Å². The van der Waals surface area contributed by atoms with Crippen molar-refractivity contribution in [1.29, 1.82) is 0 Å². The Morgan fingerprint density at radius 1 is 1.11 bits per heavy atom. The molecule has 5 rings (SSSR count). The largest absolute Gasteiger partial charge is 0.454 e. The standard InChI is InChI=1S/C25H32N6O3S/c26-10-14-35-15-11-27-24(29-19-6-7-21-22(16-19)34-18-33-21)30-12-8-25(9-13-30)23(32)28-17-31(25)20-4-2-1-3-5-20/h1-7,16H,8-15,17-18,26H2,(H,27,29)(H,28,32). The molecule has 3 heterocycles. The fourth-order valence-corrected chi connectivity index (χ4v) is 5.44. The summed E-state index contributed by atoms with van der Waals surface area (Å²) >= 11 is 1.80. The van der Waals surface area contributed by atoms with Crippen LogP contribution in [0.15, 0.2) is 53.5 Å². The number of amides is 1. The van der Waals surface area contributed by atoms with Gasteiger partial charge in [-0.05, 0) is 37.1 Å². The van der Waals surface area contributed by atoms with Crippen molar-refractivity contribution in [3.05, 3.63) is 48.5 Å². The van der Waals surface area contributed by atoms with Crippen molar-refractivity contribution < 1.29 is 14.3 Å². The molecule has 1 spiro atoms. The number of para-hydroxylation sites is 1. The molecule has 0 radical (unpaired) electrons. The van der Waals surface area contributed by atoms with E-state index in [1.807, 2.05) is 36.4 Å². The highest BCUT2D eigenvalue weighted by Crippen LogP contribution is 2.37. The maximum absolute atomic E-state index is 13.0. The summed E-state index contributed by atoms with van der Waals surface area (Å²) in [5.74, 6) is 4.24. The highest BCUT2D eigenvalue weighted by molar-refractivity contribution is 7.99. The number of piperidine rings is 1. The van der Waals surface area contributed by atoms with Crippen molar-refractivity contribution in [2.75, 3.05) is 61.4 Å². The number of likely N-dealkylation sites (tertiary alicyclic amines) is 1. The van der Waals surface area contributed by atoms with E-state index < -0.39 is 5.54 Å². The van der Waals surface area contributed by atoms with Crippen molar-refractivity contribution in [2.24, 2.45) is 10.7 Å². The quantitative estimate of drug-likeness (QED) is 0.305. The zero-order valence-corrected chi connectivity index (χ0v) is 20.6. The number of hydrogen-bond acceptors (Lipinski definition) is 7. The molecule has 35 heavy (non-hydrogen) atoms. The predicted octanol–water partition coefficient (Wildman–Crippen LogP) is 2.30. The lowest BCUT2D eigenvalue weighted by molar-refractivity contribution is -0.124. The number of nitrogens with one attached hydrogen (secondary N) is 2. The summed E-state index contributed by atoms with van der Waals surface area (Å²) in [5.41, 5.74) is 7.06. The molecule has 2 saturated heterocycles. The first-order chi connectivity index (χ1) is 17.2. The Hall–Kier alpha value is -3.11. The fourth-order valence-electron chi connectivity index (χ4n) is 4.84. The molecule has 0 atom stereocenters. The van der Waals surface area contributed by atoms with Gasteiger partial charge in [-0.15, -0.1) is 0 Å². The van der Waals surface area contributed by atoms with Gasteiger partial charge in [0.25, 0.3) is 0 Å². The number of guanidine groups is 1. The monoisotopic (exact) mass is 496 g/mol. The Morgan fingerprint density at radius 3 is 2.71 bits per heavy atom. The fraction of sp³-hybridized carbons (Fsp3) is 0.440. The van der Waals surface area contributed by atoms with Gasteiger partial charge in [-0.1, -0.05) is 18.2 Å². The first-order valence-corrected chi connectivity index (χ1v) is 13.2. The Kier molecular flexibility index (Phi) is 7.19. The molecule has 0 aliphatic carbocycles. The second-order valence-electron chi connectivity index (χ2n) is 8.75. The summed E-state index contributed by atoms with van der Waals surface area (Å²) < 4.78 is 11.0. The molecule has 0 aromatic heterocycles. The molecule has 0 unspecified atom stereocenters. The van der Waals surface area contributed by atoms with Gasteiger partial charge in [0.15, 0.2) is 17.5 Å². The lowest BCUT2D eigenvalue weighted by atomic mass is 9.85. The van der Waals surface area contributed by atoms with Crippen LogP contribution in [-0.2, 0) is 4.79 Å². The third kappa shape index (κ3) is 4.99. The van der Waals surface area contributed by atoms with Crippen LogP contribution in [0.4, 0.5) is 11.4 Å². The minimum absolute atomic E-state index is 0.112. The molecule has 3 aliphatic rings. The number of carbonyl (C=O) groups is 1. The number of rotatable bonds is 7. The van der Waals surface area contributed by atoms with E-state index in [1.165, 1.54) is 0 Å². The number of thioether (sulfide) groups is 1. The molecule has 0 bridgehead atoms. The zero-order chi connectivity index (χ0) is 24.1. The average molecular weight is 497 g/mol. The highest BCUT2D eigenvalue weighted by Gasteiger charge is 2.50. The van der Waals surface area contributed by atoms with E-state index in [9.17, 15) is 4.79 Å². The minimum Gasteiger partial charge on any atom is -0.454 e. The van der Waals surface area contributed by atoms with Crippen molar-refractivity contribution in [1.82, 2.24) is 10.2 Å². The summed E-state index contributed by atoms with van der Waals surface area (Å²) in [7, 11) is 0. The highest BCUT2D eigenvalue weighted by atomic mass is 32.2. The van der Waals surface area contributed by atoms with Gasteiger partial charge in [-0.25, -0.2) is 0 Å². The second-order valence-corrected chi connectivity index (χ2v) is 9.97. The molecular weight excluding hydrogens is 464 g/mol. The molecule has 3 aliphatic heterocycles. The van der Waals surface area contributed by atoms with Gasteiger partial charge in [-0.3, -0.25) is 9.79 Å². The van der Waals surface area contributed by atoms with Crippen LogP contribution in [-0.4, -0.2) is 73.5 Å². The summed E-state index contributed by atoms with van der Waals surface area (Å²) in [4.78, 5) is 22.4. The lowest BCUT2D eigenvalue weighted by Gasteiger charge is -2.44. The topological polar surface area (TPSA) is 104 Å². The number of fused-ring (bicyclic) bond motifs is 1. The van der Waals surface area contributed by atoms with Gasteiger partial charge in [0.2, 0.25) is 12.7 Å². The molecule has 1 amide bonds. The van der Waals surface area contributed by atoms with Gasteiger partial charge in [0, 0.05) is 48.6 Å². The molecule has 0 saturated carbocycles. The van der Waals surface area contributed by atoms with Crippen LogP contribution >= 0.6 is 11.8 Å². The number of aliphatic imine (C=N–C) groups is 1. The van der Waals surface area contributed by atoms with Crippen LogP contribution in [0.5, 0.6) is 11.5 Å². The predicted molar refractivity (Wildman–Crippen MR) is 140 cm³/mol. The van der Waals surface area contributed by atoms with Crippen LogP contribution in [0, 0.1) is 0 Å². The van der Waals surface area contributed by atoms with Crippen LogP contribution in [0.1, 0.15) is 12.8 Å². The smallest absolute Gasteiger partial charge is 0.247 e. The van der Waals surface area contributed by atoms with Crippen molar-refractivity contribution in [3.63, 3.8) is 0 Å². The molecule has 2 fully saturated rings. The van der Waals surface area contributed by atoms with Gasteiger partial charge >= 0.3 is 0 Å². The number of ether oxygens (including phenoxy) is 2. The van der Waals surface area contributed by atoms with Crippen LogP contribution in [0.25, 0.3) is 0 Å². The van der Waals surface area contributed by atoms with E-state index in [2.05, 4.69) is 32.6 Å². The summed E-state index contributed by atoms with van der Waals surface area (Å²) in [6, 6.07) is 16.0. The van der Waals surface area contributed by atoms with E-state index in [0.29, 0.717) is 19.8 Å². The van der Waals surface area contributed by atoms with Gasteiger partial charge < -0.3 is 35.6 Å². The summed E-state index contributed by atoms with van der Waals surface area (Å²) in [6.07, 6.45) is 1.44. The maximum atomic E-state index is 13.0. The lowest BCUT2D eigenvalue weighted by Crippen LogP contribution is -2.58. The number of nitrogens with two attached hydrogens (primary N) is 1. The Morgan fingerprint density at radius 2 is 1.91 bits per heavy atom. The van der Waals surface area contributed by atoms with Crippen LogP contribution in [0.2, 0.25) is 0 Å². The Balaban J connectivity index is 1.31. The summed E-state index contributed by atoms with van der Waals surface area (Å²) in [6.45, 7) is 3.59. The van der Waals surface area contributed by atoms with Crippen molar-refractivity contribution in [3.8, 4) is 11.5 Å². The molecule has 186 valence electrons. The first-order valence-electron chi connectivity index (χ1n) is 12.0. The van der Waals surface area contributed by atoms with Crippen LogP contribution in [0.3, 0.4) is 0 Å². The molecule has 10 heteroatoms. The van der Waals surface area contributed by atoms with Crippen molar-refractivity contribution in [2.45, 2.75) is 18.4 Å². The number of hydrogen-bond donors (Lipinski definition) is 3. The maximum Gasteiger partial charge on any atom is 0.247 e. The number of benzene rings is 2. The van der Waals surface area contributed by atoms with Gasteiger partial charge in [-0.2, -0.15) is 11.8 Å². The zero-order valence-electron chi connectivity index (χ0n) is 19.7. The normalized spacial score (nSPS) is 18.8. The molecular formula is C25H32N6O3S. The van der Waals surface area contributed by atoms with Gasteiger partial charge in [0.05, 0.1) is 13.2 Å². The Bertz CT molecular complexity index is 1060. The van der Waals surface area contributed by atoms with Gasteiger partial charge in [0.1, 0.15) is 5.54 Å². The second kappa shape index (κ2) is 10.7. The molecule has 9 nitrogen and oxygen atoms in total. The number of nitrogens with zero attached hydrogens (tertiary/aromatic N) is 3. The molecule has 2 aromatic rings. The first kappa shape index (κ1) is 23.6. The minimum atomic E-state index is -0.529. The number of anilines is 2. The average Bonchev–Trinajstić information content (AvgIpc) is 3.48. The van der Waals surface area contributed by atoms with Crippen molar-refractivity contribution >= 4 is 35.0 Å². The summed E-state index contributed by atoms with van der Waals surface area (Å²) in [5, 5.41) is 6.57. The van der Waals surface area contributed by atoms with E-state index in [-0.39, 0.29) is 12.7 Å². The number of carbonyl (C=O) groups excluding carboxylic acids is 1. The Labute approximate surface area is 210 Å². The molecule has 4 N–H and O–H groups in total. The van der Waals surface area contributed by atoms with E-state index in [1.54, 1.807) is 11.8 Å². The van der Waals surface area contributed by atoms with E-state index in [4.69, 9.17) is 20.2 Å². The third-order valence-corrected chi connectivity index (χ3v) is 7.68. The third-order valence-electron chi connectivity index (χ3n) is 6.68.